The van der Waals surface area contributed by atoms with Gasteiger partial charge < -0.3 is 9.67 Å². The first-order valence-corrected chi connectivity index (χ1v) is 10.8. The van der Waals surface area contributed by atoms with Gasteiger partial charge in [-0.25, -0.2) is 13.1 Å². The van der Waals surface area contributed by atoms with Gasteiger partial charge >= 0.3 is 0 Å². The zero-order chi connectivity index (χ0) is 20.8. The van der Waals surface area contributed by atoms with Gasteiger partial charge in [0, 0.05) is 36.3 Å². The molecule has 0 aliphatic rings. The molecule has 0 fully saturated rings. The summed E-state index contributed by atoms with van der Waals surface area (Å²) in [6.07, 6.45) is 0.912. The molecule has 1 unspecified atom stereocenters. The summed E-state index contributed by atoms with van der Waals surface area (Å²) < 4.78 is 30.7. The number of fused-ring (bicyclic) bond motifs is 1. The largest absolute Gasteiger partial charge is 0.387 e. The van der Waals surface area contributed by atoms with Crippen molar-refractivity contribution in [3.63, 3.8) is 0 Å². The summed E-state index contributed by atoms with van der Waals surface area (Å²) in [6.45, 7) is 9.50. The zero-order valence-corrected chi connectivity index (χ0v) is 18.1. The van der Waals surface area contributed by atoms with Crippen LogP contribution in [0.25, 0.3) is 10.9 Å². The Bertz CT molecular complexity index is 1130. The highest BCUT2D eigenvalue weighted by molar-refractivity contribution is 7.89. The molecule has 1 atom stereocenters. The number of benzene rings is 2. The molecule has 0 radical (unpaired) electrons. The average molecular weight is 401 g/mol. The Hall–Kier alpha value is -2.15. The van der Waals surface area contributed by atoms with Crippen LogP contribution < -0.4 is 4.72 Å². The van der Waals surface area contributed by atoms with E-state index in [0.29, 0.717) is 10.5 Å². The Morgan fingerprint density at radius 1 is 0.964 bits per heavy atom. The minimum absolute atomic E-state index is 0.0822. The SMILES string of the molecule is Cc1c(C)c(C)c(S(=O)(=O)NCC(O)c2cn(C)c3ccccc23)c(C)c1C. The number of aryl methyl sites for hydroxylation is 1. The molecule has 3 aromatic rings. The van der Waals surface area contributed by atoms with Crippen molar-refractivity contribution in [1.82, 2.24) is 9.29 Å². The molecule has 2 aromatic carbocycles. The van der Waals surface area contributed by atoms with E-state index in [0.717, 1.165) is 38.7 Å². The maximum atomic E-state index is 13.1. The molecule has 5 nitrogen and oxygen atoms in total. The summed E-state index contributed by atoms with van der Waals surface area (Å²) >= 11 is 0. The van der Waals surface area contributed by atoms with E-state index in [2.05, 4.69) is 4.72 Å². The van der Waals surface area contributed by atoms with Gasteiger partial charge in [0.25, 0.3) is 0 Å². The summed E-state index contributed by atoms with van der Waals surface area (Å²) in [5.41, 5.74) is 6.31. The minimum atomic E-state index is -3.75. The molecule has 0 aliphatic carbocycles. The molecule has 6 heteroatoms. The molecule has 0 aliphatic heterocycles. The van der Waals surface area contributed by atoms with Gasteiger partial charge in [0.15, 0.2) is 0 Å². The highest BCUT2D eigenvalue weighted by Crippen LogP contribution is 2.30. The van der Waals surface area contributed by atoms with Crippen molar-refractivity contribution in [2.24, 2.45) is 7.05 Å². The third-order valence-corrected chi connectivity index (χ3v) is 7.65. The first kappa shape index (κ1) is 20.6. The quantitative estimate of drug-likeness (QED) is 0.685. The fourth-order valence-corrected chi connectivity index (χ4v) is 5.51. The summed E-state index contributed by atoms with van der Waals surface area (Å²) in [5.74, 6) is 0. The van der Waals surface area contributed by atoms with Gasteiger partial charge in [-0.15, -0.1) is 0 Å². The van der Waals surface area contributed by atoms with Gasteiger partial charge in [-0.2, -0.15) is 0 Å². The van der Waals surface area contributed by atoms with Crippen LogP contribution in [0.15, 0.2) is 35.4 Å². The Morgan fingerprint density at radius 2 is 1.50 bits per heavy atom. The van der Waals surface area contributed by atoms with Crippen molar-refractivity contribution in [2.45, 2.75) is 45.6 Å². The Kier molecular flexibility index (Phi) is 5.40. The lowest BCUT2D eigenvalue weighted by Crippen LogP contribution is -2.30. The monoisotopic (exact) mass is 400 g/mol. The van der Waals surface area contributed by atoms with Gasteiger partial charge in [-0.1, -0.05) is 18.2 Å². The highest BCUT2D eigenvalue weighted by atomic mass is 32.2. The molecule has 0 amide bonds. The van der Waals surface area contributed by atoms with E-state index in [1.165, 1.54) is 0 Å². The predicted molar refractivity (Wildman–Crippen MR) is 113 cm³/mol. The van der Waals surface area contributed by atoms with Crippen LogP contribution in [0.2, 0.25) is 0 Å². The van der Waals surface area contributed by atoms with E-state index in [9.17, 15) is 13.5 Å². The van der Waals surface area contributed by atoms with Crippen molar-refractivity contribution in [3.05, 3.63) is 63.8 Å². The molecule has 0 saturated heterocycles. The van der Waals surface area contributed by atoms with Gasteiger partial charge in [-0.3, -0.25) is 0 Å². The van der Waals surface area contributed by atoms with Crippen LogP contribution in [0.3, 0.4) is 0 Å². The van der Waals surface area contributed by atoms with Crippen LogP contribution in [-0.2, 0) is 17.1 Å². The van der Waals surface area contributed by atoms with Crippen molar-refractivity contribution in [1.29, 1.82) is 0 Å². The van der Waals surface area contributed by atoms with Gasteiger partial charge in [0.05, 0.1) is 11.0 Å². The lowest BCUT2D eigenvalue weighted by Gasteiger charge is -2.20. The summed E-state index contributed by atoms with van der Waals surface area (Å²) in [7, 11) is -1.84. The standard InChI is InChI=1S/C22H28N2O3S/c1-13-14(2)16(4)22(17(5)15(13)3)28(26,27)23-11-21(25)19-12-24(6)20-10-8-7-9-18(19)20/h7-10,12,21,23,25H,11H2,1-6H3. The number of aliphatic hydroxyl groups excluding tert-OH is 1. The first-order chi connectivity index (χ1) is 13.1. The van der Waals surface area contributed by atoms with Crippen molar-refractivity contribution in [3.8, 4) is 0 Å². The number of para-hydroxylation sites is 1. The summed E-state index contributed by atoms with van der Waals surface area (Å²) in [6, 6.07) is 7.76. The third-order valence-electron chi connectivity index (χ3n) is 5.95. The van der Waals surface area contributed by atoms with Crippen molar-refractivity contribution in [2.75, 3.05) is 6.54 Å². The number of hydrogen-bond donors (Lipinski definition) is 2. The van der Waals surface area contributed by atoms with Gasteiger partial charge in [-0.05, 0) is 68.5 Å². The third kappa shape index (κ3) is 3.36. The molecule has 0 saturated carbocycles. The number of sulfonamides is 1. The average Bonchev–Trinajstić information content (AvgIpc) is 3.00. The van der Waals surface area contributed by atoms with E-state index < -0.39 is 16.1 Å². The number of aromatic nitrogens is 1. The van der Waals surface area contributed by atoms with Gasteiger partial charge in [0.1, 0.15) is 0 Å². The Morgan fingerprint density at radius 3 is 2.11 bits per heavy atom. The van der Waals surface area contributed by atoms with Crippen LogP contribution in [-0.4, -0.2) is 24.6 Å². The van der Waals surface area contributed by atoms with Crippen LogP contribution in [0.1, 0.15) is 39.5 Å². The minimum Gasteiger partial charge on any atom is -0.387 e. The maximum Gasteiger partial charge on any atom is 0.241 e. The van der Waals surface area contributed by atoms with E-state index in [-0.39, 0.29) is 6.54 Å². The van der Waals surface area contributed by atoms with Crippen LogP contribution in [0.5, 0.6) is 0 Å². The Balaban J connectivity index is 1.92. The van der Waals surface area contributed by atoms with Crippen LogP contribution >= 0.6 is 0 Å². The van der Waals surface area contributed by atoms with E-state index in [4.69, 9.17) is 0 Å². The lowest BCUT2D eigenvalue weighted by molar-refractivity contribution is 0.183. The smallest absolute Gasteiger partial charge is 0.241 e. The van der Waals surface area contributed by atoms with E-state index in [1.807, 2.05) is 76.7 Å². The maximum absolute atomic E-state index is 13.1. The first-order valence-electron chi connectivity index (χ1n) is 9.35. The van der Waals surface area contributed by atoms with Crippen molar-refractivity contribution < 1.29 is 13.5 Å². The van der Waals surface area contributed by atoms with E-state index in [1.54, 1.807) is 0 Å². The zero-order valence-electron chi connectivity index (χ0n) is 17.3. The van der Waals surface area contributed by atoms with Gasteiger partial charge in [0.2, 0.25) is 10.0 Å². The topological polar surface area (TPSA) is 71.3 Å². The molecule has 1 aromatic heterocycles. The molecule has 0 bridgehead atoms. The summed E-state index contributed by atoms with van der Waals surface area (Å²) in [4.78, 5) is 0.318. The molecular weight excluding hydrogens is 372 g/mol. The molecule has 2 N–H and O–H groups in total. The second kappa shape index (κ2) is 7.35. The number of nitrogens with zero attached hydrogens (tertiary/aromatic N) is 1. The summed E-state index contributed by atoms with van der Waals surface area (Å²) in [5, 5.41) is 11.6. The Labute approximate surface area is 167 Å². The number of aliphatic hydroxyl groups is 1. The second-order valence-electron chi connectivity index (χ2n) is 7.53. The molecule has 0 spiro atoms. The molecule has 28 heavy (non-hydrogen) atoms. The highest BCUT2D eigenvalue weighted by Gasteiger charge is 2.25. The second-order valence-corrected chi connectivity index (χ2v) is 9.24. The van der Waals surface area contributed by atoms with Crippen molar-refractivity contribution >= 4 is 20.9 Å². The molecule has 1 heterocycles. The molecule has 150 valence electrons. The number of rotatable bonds is 5. The van der Waals surface area contributed by atoms with Crippen LogP contribution in [0, 0.1) is 34.6 Å². The van der Waals surface area contributed by atoms with E-state index >= 15 is 0 Å². The fourth-order valence-electron chi connectivity index (χ4n) is 3.88. The number of hydrogen-bond acceptors (Lipinski definition) is 3. The van der Waals surface area contributed by atoms with Crippen LogP contribution in [0.4, 0.5) is 0 Å². The predicted octanol–water partition coefficient (Wildman–Crippen LogP) is 3.73. The fraction of sp³-hybridized carbons (Fsp3) is 0.364. The number of nitrogens with one attached hydrogen (secondary N) is 1. The lowest BCUT2D eigenvalue weighted by atomic mass is 9.95. The molecule has 3 rings (SSSR count). The normalized spacial score (nSPS) is 13.2. The molecular formula is C22H28N2O3S.